The molecule has 4 rings (SSSR count). The van der Waals surface area contributed by atoms with Crippen LogP contribution in [0.15, 0.2) is 78.4 Å². The van der Waals surface area contributed by atoms with E-state index in [1.54, 1.807) is 11.3 Å². The Morgan fingerprint density at radius 1 is 0.762 bits per heavy atom. The van der Waals surface area contributed by atoms with Gasteiger partial charge < -0.3 is 9.30 Å². The summed E-state index contributed by atoms with van der Waals surface area (Å²) in [6.45, 7) is 0. The second-order valence-electron chi connectivity index (χ2n) is 4.81. The number of thiophene rings is 1. The van der Waals surface area contributed by atoms with E-state index in [9.17, 15) is 0 Å². The van der Waals surface area contributed by atoms with E-state index in [2.05, 4.69) is 40.5 Å². The maximum atomic E-state index is 5.81. The third-order valence-corrected chi connectivity index (χ3v) is 4.24. The molecule has 0 amide bonds. The average Bonchev–Trinajstić information content (AvgIpc) is 3.10. The van der Waals surface area contributed by atoms with Crippen molar-refractivity contribution in [2.45, 2.75) is 0 Å². The topological polar surface area (TPSA) is 14.2 Å². The number of ether oxygens (including phenoxy) is 1. The van der Waals surface area contributed by atoms with Gasteiger partial charge in [0.25, 0.3) is 0 Å². The van der Waals surface area contributed by atoms with Crippen LogP contribution in [0.25, 0.3) is 15.8 Å². The van der Waals surface area contributed by atoms with Crippen molar-refractivity contribution in [2.24, 2.45) is 0 Å². The fraction of sp³-hybridized carbons (Fsp3) is 0. The fourth-order valence-corrected chi connectivity index (χ4v) is 3.11. The molecule has 0 unspecified atom stereocenters. The number of fused-ring (bicyclic) bond motifs is 1. The van der Waals surface area contributed by atoms with Gasteiger partial charge in [0.2, 0.25) is 0 Å². The highest BCUT2D eigenvalue weighted by molar-refractivity contribution is 7.17. The lowest BCUT2D eigenvalue weighted by molar-refractivity contribution is 0.482. The molecule has 3 heteroatoms. The number of hydrogen-bond acceptors (Lipinski definition) is 2. The van der Waals surface area contributed by atoms with Crippen molar-refractivity contribution in [1.29, 1.82) is 0 Å². The molecule has 0 aliphatic rings. The van der Waals surface area contributed by atoms with Gasteiger partial charge in [-0.3, -0.25) is 0 Å². The summed E-state index contributed by atoms with van der Waals surface area (Å²) in [6.07, 6.45) is 4.31. The minimum Gasteiger partial charge on any atom is -0.457 e. The van der Waals surface area contributed by atoms with Gasteiger partial charge in [0, 0.05) is 23.5 Å². The van der Waals surface area contributed by atoms with Crippen LogP contribution in [-0.2, 0) is 0 Å². The standard InChI is InChI=1S/C18H13NOS/c1-2-4-16(5-3-1)20-17-8-6-15(7-9-17)19-12-14-10-11-21-18(14)13-19/h1-13H. The molecule has 21 heavy (non-hydrogen) atoms. The first-order valence-corrected chi connectivity index (χ1v) is 7.65. The molecule has 0 spiro atoms. The zero-order chi connectivity index (χ0) is 14.1. The Morgan fingerprint density at radius 3 is 2.29 bits per heavy atom. The van der Waals surface area contributed by atoms with Crippen molar-refractivity contribution in [1.82, 2.24) is 4.57 Å². The Balaban J connectivity index is 1.60. The van der Waals surface area contributed by atoms with E-state index in [1.165, 1.54) is 10.1 Å². The summed E-state index contributed by atoms with van der Waals surface area (Å²) in [6, 6.07) is 20.1. The number of benzene rings is 2. The molecule has 0 saturated carbocycles. The molecular weight excluding hydrogens is 278 g/mol. The van der Waals surface area contributed by atoms with Crippen molar-refractivity contribution in [3.8, 4) is 17.2 Å². The first kappa shape index (κ1) is 12.2. The van der Waals surface area contributed by atoms with Crippen LogP contribution in [0.1, 0.15) is 0 Å². The summed E-state index contributed by atoms with van der Waals surface area (Å²) in [4.78, 5) is 0. The third-order valence-electron chi connectivity index (χ3n) is 3.38. The lowest BCUT2D eigenvalue weighted by Gasteiger charge is -2.07. The highest BCUT2D eigenvalue weighted by Gasteiger charge is 2.02. The number of nitrogens with zero attached hydrogens (tertiary/aromatic N) is 1. The molecule has 2 aromatic heterocycles. The Kier molecular flexibility index (Phi) is 2.98. The molecule has 0 atom stereocenters. The SMILES string of the molecule is c1ccc(Oc2ccc(-n3cc4ccsc4c3)cc2)cc1. The molecule has 0 fully saturated rings. The highest BCUT2D eigenvalue weighted by Crippen LogP contribution is 2.26. The normalized spacial score (nSPS) is 10.9. The van der Waals surface area contributed by atoms with E-state index >= 15 is 0 Å². The van der Waals surface area contributed by atoms with Gasteiger partial charge in [0.1, 0.15) is 11.5 Å². The molecule has 0 N–H and O–H groups in total. The Hall–Kier alpha value is -2.52. The second kappa shape index (κ2) is 5.11. The van der Waals surface area contributed by atoms with Crippen molar-refractivity contribution in [3.63, 3.8) is 0 Å². The lowest BCUT2D eigenvalue weighted by atomic mass is 10.3. The number of para-hydroxylation sites is 1. The van der Waals surface area contributed by atoms with Crippen LogP contribution in [-0.4, -0.2) is 4.57 Å². The number of rotatable bonds is 3. The molecule has 2 heterocycles. The molecule has 0 aliphatic heterocycles. The number of hydrogen-bond donors (Lipinski definition) is 0. The maximum Gasteiger partial charge on any atom is 0.127 e. The van der Waals surface area contributed by atoms with Crippen LogP contribution in [0, 0.1) is 0 Å². The van der Waals surface area contributed by atoms with E-state index in [1.807, 2.05) is 42.5 Å². The van der Waals surface area contributed by atoms with Crippen LogP contribution >= 0.6 is 11.3 Å². The van der Waals surface area contributed by atoms with Crippen LogP contribution in [0.5, 0.6) is 11.5 Å². The van der Waals surface area contributed by atoms with Gasteiger partial charge in [0.05, 0.1) is 4.70 Å². The predicted molar refractivity (Wildman–Crippen MR) is 87.7 cm³/mol. The molecule has 102 valence electrons. The minimum absolute atomic E-state index is 0.846. The van der Waals surface area contributed by atoms with Crippen molar-refractivity contribution < 1.29 is 4.74 Å². The third kappa shape index (κ3) is 2.43. The summed E-state index contributed by atoms with van der Waals surface area (Å²) >= 11 is 1.76. The van der Waals surface area contributed by atoms with Crippen molar-refractivity contribution in [2.75, 3.05) is 0 Å². The molecule has 0 radical (unpaired) electrons. The van der Waals surface area contributed by atoms with Crippen LogP contribution < -0.4 is 4.74 Å². The quantitative estimate of drug-likeness (QED) is 0.487. The second-order valence-corrected chi connectivity index (χ2v) is 5.76. The lowest BCUT2D eigenvalue weighted by Crippen LogP contribution is -1.89. The van der Waals surface area contributed by atoms with Gasteiger partial charge in [-0.15, -0.1) is 11.3 Å². The zero-order valence-electron chi connectivity index (χ0n) is 11.3. The van der Waals surface area contributed by atoms with Gasteiger partial charge in [0.15, 0.2) is 0 Å². The first-order valence-electron chi connectivity index (χ1n) is 6.77. The number of aromatic nitrogens is 1. The molecule has 4 aromatic rings. The predicted octanol–water partition coefficient (Wildman–Crippen LogP) is 5.48. The molecule has 0 saturated heterocycles. The Bertz CT molecular complexity index is 831. The monoisotopic (exact) mass is 291 g/mol. The largest absolute Gasteiger partial charge is 0.457 e. The van der Waals surface area contributed by atoms with Crippen LogP contribution in [0.4, 0.5) is 0 Å². The van der Waals surface area contributed by atoms with Crippen LogP contribution in [0.2, 0.25) is 0 Å². The van der Waals surface area contributed by atoms with Gasteiger partial charge in [-0.25, -0.2) is 0 Å². The zero-order valence-corrected chi connectivity index (χ0v) is 12.1. The molecule has 2 nitrogen and oxygen atoms in total. The van der Waals surface area contributed by atoms with Gasteiger partial charge in [-0.2, -0.15) is 0 Å². The van der Waals surface area contributed by atoms with E-state index in [0.29, 0.717) is 0 Å². The Morgan fingerprint density at radius 2 is 1.52 bits per heavy atom. The summed E-state index contributed by atoms with van der Waals surface area (Å²) in [7, 11) is 0. The summed E-state index contributed by atoms with van der Waals surface area (Å²) in [5.74, 6) is 1.70. The van der Waals surface area contributed by atoms with Gasteiger partial charge in [-0.05, 0) is 47.8 Å². The van der Waals surface area contributed by atoms with E-state index in [4.69, 9.17) is 4.74 Å². The minimum atomic E-state index is 0.846. The van der Waals surface area contributed by atoms with Crippen molar-refractivity contribution in [3.05, 3.63) is 78.4 Å². The van der Waals surface area contributed by atoms with Crippen LogP contribution in [0.3, 0.4) is 0 Å². The van der Waals surface area contributed by atoms with E-state index in [-0.39, 0.29) is 0 Å². The fourth-order valence-electron chi connectivity index (χ4n) is 2.32. The van der Waals surface area contributed by atoms with Gasteiger partial charge >= 0.3 is 0 Å². The van der Waals surface area contributed by atoms with E-state index in [0.717, 1.165) is 17.2 Å². The molecule has 2 aromatic carbocycles. The first-order chi connectivity index (χ1) is 10.4. The summed E-state index contributed by atoms with van der Waals surface area (Å²) in [5, 5.41) is 3.40. The van der Waals surface area contributed by atoms with E-state index < -0.39 is 0 Å². The van der Waals surface area contributed by atoms with Crippen molar-refractivity contribution >= 4 is 21.4 Å². The van der Waals surface area contributed by atoms with Gasteiger partial charge in [-0.1, -0.05) is 18.2 Å². The molecule has 0 bridgehead atoms. The Labute approximate surface area is 126 Å². The smallest absolute Gasteiger partial charge is 0.127 e. The maximum absolute atomic E-state index is 5.81. The average molecular weight is 291 g/mol. The molecule has 0 aliphatic carbocycles. The summed E-state index contributed by atoms with van der Waals surface area (Å²) < 4.78 is 9.26. The molecular formula is C18H13NOS. The summed E-state index contributed by atoms with van der Waals surface area (Å²) in [5.41, 5.74) is 1.14. The highest BCUT2D eigenvalue weighted by atomic mass is 32.1.